The topological polar surface area (TPSA) is 61.5 Å². The van der Waals surface area contributed by atoms with Crippen molar-refractivity contribution >= 4 is 5.78 Å². The molecule has 0 saturated carbocycles. The minimum Gasteiger partial charge on any atom is -0.382 e. The van der Waals surface area contributed by atoms with Crippen molar-refractivity contribution in [1.82, 2.24) is 0 Å². The van der Waals surface area contributed by atoms with Gasteiger partial charge in [0.1, 0.15) is 12.7 Å². The molecule has 0 aromatic rings. The average Bonchev–Trinajstić information content (AvgIpc) is 2.20. The van der Waals surface area contributed by atoms with Gasteiger partial charge in [-0.2, -0.15) is 0 Å². The Morgan fingerprint density at radius 2 is 2.60 bits per heavy atom. The van der Waals surface area contributed by atoms with E-state index in [2.05, 4.69) is 0 Å². The normalized spacial score (nSPS) is 33.2. The number of carbonyl (C=O) groups excluding carboxylic acids is 1. The molecule has 4 nitrogen and oxygen atoms in total. The van der Waals surface area contributed by atoms with Gasteiger partial charge in [0.25, 0.3) is 0 Å². The second kappa shape index (κ2) is 3.09. The molecule has 2 N–H and O–H groups in total. The van der Waals surface area contributed by atoms with Crippen LogP contribution >= 0.6 is 0 Å². The highest BCUT2D eigenvalue weighted by atomic mass is 16.5. The second-order valence-electron chi connectivity index (χ2n) is 2.30. The monoisotopic (exact) mass is 145 g/mol. The smallest absolute Gasteiger partial charge is 0.177 e. The highest BCUT2D eigenvalue weighted by molar-refractivity contribution is 5.87. The van der Waals surface area contributed by atoms with Gasteiger partial charge in [-0.15, -0.1) is 0 Å². The Bertz CT molecular complexity index is 137. The first-order valence-electron chi connectivity index (χ1n) is 3.14. The lowest BCUT2D eigenvalue weighted by Gasteiger charge is -2.10. The molecule has 2 atom stereocenters. The van der Waals surface area contributed by atoms with Crippen LogP contribution in [0.3, 0.4) is 0 Å². The summed E-state index contributed by atoms with van der Waals surface area (Å²) in [5.74, 6) is -0.0398. The van der Waals surface area contributed by atoms with Gasteiger partial charge in [-0.25, -0.2) is 0 Å². The molecule has 1 aliphatic heterocycles. The first-order valence-corrected chi connectivity index (χ1v) is 3.14. The molecule has 0 aromatic heterocycles. The predicted octanol–water partition coefficient (Wildman–Crippen LogP) is -1.07. The van der Waals surface area contributed by atoms with Crippen LogP contribution in [0.4, 0.5) is 0 Å². The van der Waals surface area contributed by atoms with Gasteiger partial charge in [0.15, 0.2) is 5.78 Å². The number of carbonyl (C=O) groups is 1. The minimum absolute atomic E-state index is 0.0398. The van der Waals surface area contributed by atoms with Crippen molar-refractivity contribution in [1.29, 1.82) is 0 Å². The van der Waals surface area contributed by atoms with E-state index >= 15 is 0 Å². The first kappa shape index (κ1) is 7.65. The summed E-state index contributed by atoms with van der Waals surface area (Å²) >= 11 is 0. The van der Waals surface area contributed by atoms with Crippen molar-refractivity contribution in [2.45, 2.75) is 12.1 Å². The van der Waals surface area contributed by atoms with Gasteiger partial charge in [0.2, 0.25) is 0 Å². The maximum Gasteiger partial charge on any atom is 0.177 e. The van der Waals surface area contributed by atoms with Crippen LogP contribution in [0, 0.1) is 0 Å². The number of ketones is 1. The van der Waals surface area contributed by atoms with Crippen LogP contribution in [0.25, 0.3) is 0 Å². The number of ether oxygens (including phenoxy) is 2. The fraction of sp³-hybridized carbons (Fsp3) is 0.833. The van der Waals surface area contributed by atoms with Crippen LogP contribution in [-0.2, 0) is 14.3 Å². The minimum atomic E-state index is -0.486. The SMILES string of the molecule is COCC1OCC(=O)C1N. The van der Waals surface area contributed by atoms with Crippen LogP contribution < -0.4 is 5.73 Å². The number of hydrogen-bond acceptors (Lipinski definition) is 4. The molecule has 1 rings (SSSR count). The molecular formula is C6H11NO3. The number of Topliss-reactive ketones (excluding diaryl/α,β-unsaturated/α-hetero) is 1. The van der Waals surface area contributed by atoms with Crippen molar-refractivity contribution in [2.24, 2.45) is 5.73 Å². The zero-order valence-corrected chi connectivity index (χ0v) is 5.87. The van der Waals surface area contributed by atoms with E-state index in [1.165, 1.54) is 0 Å². The highest BCUT2D eigenvalue weighted by Crippen LogP contribution is 2.07. The van der Waals surface area contributed by atoms with Gasteiger partial charge in [-0.1, -0.05) is 0 Å². The first-order chi connectivity index (χ1) is 4.75. The molecular weight excluding hydrogens is 134 g/mol. The summed E-state index contributed by atoms with van der Waals surface area (Å²) in [5.41, 5.74) is 5.45. The summed E-state index contributed by atoms with van der Waals surface area (Å²) in [6.45, 7) is 0.530. The predicted molar refractivity (Wildman–Crippen MR) is 34.6 cm³/mol. The van der Waals surface area contributed by atoms with E-state index in [0.717, 1.165) is 0 Å². The van der Waals surface area contributed by atoms with Gasteiger partial charge in [0.05, 0.1) is 12.6 Å². The molecule has 1 fully saturated rings. The Morgan fingerprint density at radius 1 is 1.90 bits per heavy atom. The molecule has 0 bridgehead atoms. The Labute approximate surface area is 59.3 Å². The third-order valence-electron chi connectivity index (χ3n) is 1.54. The molecule has 0 radical (unpaired) electrons. The van der Waals surface area contributed by atoms with E-state index in [4.69, 9.17) is 15.2 Å². The molecule has 1 aliphatic rings. The van der Waals surface area contributed by atoms with Gasteiger partial charge in [-0.3, -0.25) is 4.79 Å². The van der Waals surface area contributed by atoms with E-state index in [1.807, 2.05) is 0 Å². The quantitative estimate of drug-likeness (QED) is 0.537. The highest BCUT2D eigenvalue weighted by Gasteiger charge is 2.32. The number of hydrogen-bond donors (Lipinski definition) is 1. The second-order valence-corrected chi connectivity index (χ2v) is 2.30. The average molecular weight is 145 g/mol. The van der Waals surface area contributed by atoms with E-state index in [-0.39, 0.29) is 18.5 Å². The molecule has 58 valence electrons. The summed E-state index contributed by atoms with van der Waals surface area (Å²) < 4.78 is 9.81. The third kappa shape index (κ3) is 1.34. The van der Waals surface area contributed by atoms with Crippen LogP contribution in [0.2, 0.25) is 0 Å². The zero-order valence-electron chi connectivity index (χ0n) is 5.87. The summed E-state index contributed by atoms with van der Waals surface area (Å²) in [7, 11) is 1.55. The lowest BCUT2D eigenvalue weighted by Crippen LogP contribution is -2.38. The zero-order chi connectivity index (χ0) is 7.56. The molecule has 0 aromatic carbocycles. The van der Waals surface area contributed by atoms with Gasteiger partial charge >= 0.3 is 0 Å². The Hall–Kier alpha value is -0.450. The summed E-state index contributed by atoms with van der Waals surface area (Å²) in [5, 5.41) is 0. The van der Waals surface area contributed by atoms with Crippen molar-refractivity contribution in [3.63, 3.8) is 0 Å². The molecule has 0 aliphatic carbocycles. The Kier molecular flexibility index (Phi) is 2.37. The van der Waals surface area contributed by atoms with Crippen molar-refractivity contribution in [3.8, 4) is 0 Å². The fourth-order valence-electron chi connectivity index (χ4n) is 0.912. The summed E-state index contributed by atoms with van der Waals surface area (Å²) in [6, 6.07) is -0.486. The fourth-order valence-corrected chi connectivity index (χ4v) is 0.912. The van der Waals surface area contributed by atoms with Crippen molar-refractivity contribution < 1.29 is 14.3 Å². The molecule has 4 heteroatoms. The Morgan fingerprint density at radius 3 is 3.00 bits per heavy atom. The van der Waals surface area contributed by atoms with E-state index in [0.29, 0.717) is 6.61 Å². The number of rotatable bonds is 2. The van der Waals surface area contributed by atoms with Gasteiger partial charge < -0.3 is 15.2 Å². The van der Waals surface area contributed by atoms with Crippen LogP contribution in [-0.4, -0.2) is 38.3 Å². The molecule has 1 saturated heterocycles. The van der Waals surface area contributed by atoms with Crippen LogP contribution in [0.15, 0.2) is 0 Å². The largest absolute Gasteiger partial charge is 0.382 e. The number of methoxy groups -OCH3 is 1. The van der Waals surface area contributed by atoms with Gasteiger partial charge in [0, 0.05) is 7.11 Å². The summed E-state index contributed by atoms with van der Waals surface area (Å²) in [4.78, 5) is 10.8. The lowest BCUT2D eigenvalue weighted by atomic mass is 10.1. The maximum atomic E-state index is 10.8. The van der Waals surface area contributed by atoms with Crippen molar-refractivity contribution in [3.05, 3.63) is 0 Å². The standard InChI is InChI=1S/C6H11NO3/c1-9-3-5-6(7)4(8)2-10-5/h5-6H,2-3,7H2,1H3. The molecule has 0 spiro atoms. The molecule has 2 unspecified atom stereocenters. The van der Waals surface area contributed by atoms with Crippen LogP contribution in [0.1, 0.15) is 0 Å². The summed E-state index contributed by atoms with van der Waals surface area (Å²) in [6.07, 6.45) is -0.238. The molecule has 0 amide bonds. The van der Waals surface area contributed by atoms with Crippen molar-refractivity contribution in [2.75, 3.05) is 20.3 Å². The third-order valence-corrected chi connectivity index (χ3v) is 1.54. The van der Waals surface area contributed by atoms with E-state index in [1.54, 1.807) is 7.11 Å². The molecule has 10 heavy (non-hydrogen) atoms. The lowest BCUT2D eigenvalue weighted by molar-refractivity contribution is -0.118. The maximum absolute atomic E-state index is 10.8. The van der Waals surface area contributed by atoms with E-state index in [9.17, 15) is 4.79 Å². The molecule has 1 heterocycles. The van der Waals surface area contributed by atoms with E-state index < -0.39 is 6.04 Å². The van der Waals surface area contributed by atoms with Gasteiger partial charge in [-0.05, 0) is 0 Å². The van der Waals surface area contributed by atoms with Crippen LogP contribution in [0.5, 0.6) is 0 Å². The number of nitrogens with two attached hydrogens (primary N) is 1. The Balaban J connectivity index is 2.41.